The van der Waals surface area contributed by atoms with Gasteiger partial charge in [-0.25, -0.2) is 8.78 Å². The first-order chi connectivity index (χ1) is 15.3. The average Bonchev–Trinajstić information content (AvgIpc) is 2.79. The number of aryl methyl sites for hydroxylation is 1. The molecule has 2 aromatic carbocycles. The van der Waals surface area contributed by atoms with Gasteiger partial charge in [-0.15, -0.1) is 0 Å². The number of benzene rings is 2. The van der Waals surface area contributed by atoms with E-state index < -0.39 is 23.2 Å². The zero-order valence-corrected chi connectivity index (χ0v) is 17.7. The van der Waals surface area contributed by atoms with Crippen molar-refractivity contribution in [3.63, 3.8) is 0 Å². The Morgan fingerprint density at radius 2 is 1.94 bits per heavy atom. The highest BCUT2D eigenvalue weighted by molar-refractivity contribution is 5.84. The number of nitrogens with zero attached hydrogens (tertiary/aromatic N) is 2. The van der Waals surface area contributed by atoms with Gasteiger partial charge in [0.25, 0.3) is 0 Å². The van der Waals surface area contributed by atoms with Crippen LogP contribution in [0.15, 0.2) is 57.9 Å². The predicted octanol–water partition coefficient (Wildman–Crippen LogP) is 5.79. The third-order valence-electron chi connectivity index (χ3n) is 5.33. The average molecular weight is 431 g/mol. The minimum Gasteiger partial charge on any atom is -0.454 e. The van der Waals surface area contributed by atoms with Crippen LogP contribution in [0.4, 0.5) is 14.5 Å². The molecule has 1 unspecified atom stereocenters. The third kappa shape index (κ3) is 3.60. The summed E-state index contributed by atoms with van der Waals surface area (Å²) in [6, 6.07) is 12.4. The molecule has 32 heavy (non-hydrogen) atoms. The molecule has 0 aliphatic heterocycles. The fourth-order valence-corrected chi connectivity index (χ4v) is 3.72. The molecule has 0 spiro atoms. The lowest BCUT2D eigenvalue weighted by atomic mass is 9.99. The standard InChI is InChI=1S/C25H19F2N3O2/c1-13-10-16(15(3)30-20-8-7-19(26)22(27)18(20)12-28)25-17(11-13)23(31)14(2)24(32-25)21-6-4-5-9-29-21/h4-11,15,30H,1-3H3. The second-order valence-corrected chi connectivity index (χ2v) is 7.59. The van der Waals surface area contributed by atoms with E-state index in [0.717, 1.165) is 11.6 Å². The number of nitrogens with one attached hydrogen (secondary N) is 1. The maximum atomic E-state index is 14.1. The van der Waals surface area contributed by atoms with Gasteiger partial charge in [-0.1, -0.05) is 12.1 Å². The summed E-state index contributed by atoms with van der Waals surface area (Å²) in [5, 5.41) is 12.8. The third-order valence-corrected chi connectivity index (χ3v) is 5.33. The number of rotatable bonds is 4. The second kappa shape index (κ2) is 8.23. The molecule has 0 amide bonds. The molecule has 4 rings (SSSR count). The van der Waals surface area contributed by atoms with Gasteiger partial charge in [0, 0.05) is 17.3 Å². The summed E-state index contributed by atoms with van der Waals surface area (Å²) in [7, 11) is 0. The molecular formula is C25H19F2N3O2. The van der Waals surface area contributed by atoms with E-state index in [4.69, 9.17) is 4.42 Å². The molecule has 160 valence electrons. The maximum absolute atomic E-state index is 14.1. The second-order valence-electron chi connectivity index (χ2n) is 7.59. The minimum atomic E-state index is -1.21. The molecule has 5 nitrogen and oxygen atoms in total. The quantitative estimate of drug-likeness (QED) is 0.442. The molecule has 2 heterocycles. The van der Waals surface area contributed by atoms with E-state index in [1.807, 2.05) is 13.0 Å². The SMILES string of the molecule is Cc1cc(C(C)Nc2ccc(F)c(F)c2C#N)c2oc(-c3ccccn3)c(C)c(=O)c2c1. The molecule has 0 bridgehead atoms. The molecule has 0 aliphatic rings. The summed E-state index contributed by atoms with van der Waals surface area (Å²) in [5.74, 6) is -1.94. The van der Waals surface area contributed by atoms with Crippen molar-refractivity contribution in [2.45, 2.75) is 26.8 Å². The number of hydrogen-bond acceptors (Lipinski definition) is 5. The van der Waals surface area contributed by atoms with Gasteiger partial charge in [0.2, 0.25) is 0 Å². The zero-order chi connectivity index (χ0) is 23.0. The first-order valence-corrected chi connectivity index (χ1v) is 9.95. The number of halogens is 2. The number of aromatic nitrogens is 1. The van der Waals surface area contributed by atoms with E-state index in [0.29, 0.717) is 33.6 Å². The van der Waals surface area contributed by atoms with Crippen molar-refractivity contribution in [3.8, 4) is 17.5 Å². The van der Waals surface area contributed by atoms with Gasteiger partial charge in [-0.05, 0) is 56.7 Å². The van der Waals surface area contributed by atoms with E-state index in [-0.39, 0.29) is 11.1 Å². The minimum absolute atomic E-state index is 0.146. The van der Waals surface area contributed by atoms with Crippen molar-refractivity contribution in [1.82, 2.24) is 4.98 Å². The number of fused-ring (bicyclic) bond motifs is 1. The molecule has 4 aromatic rings. The van der Waals surface area contributed by atoms with Crippen molar-refractivity contribution < 1.29 is 13.2 Å². The largest absolute Gasteiger partial charge is 0.454 e. The number of anilines is 1. The Balaban J connectivity index is 1.90. The van der Waals surface area contributed by atoms with Crippen molar-refractivity contribution in [2.24, 2.45) is 0 Å². The summed E-state index contributed by atoms with van der Waals surface area (Å²) in [6.07, 6.45) is 1.62. The first-order valence-electron chi connectivity index (χ1n) is 9.95. The lowest BCUT2D eigenvalue weighted by molar-refractivity contribution is 0.506. The van der Waals surface area contributed by atoms with Crippen LogP contribution in [0.3, 0.4) is 0 Å². The topological polar surface area (TPSA) is 78.9 Å². The molecular weight excluding hydrogens is 412 g/mol. The van der Waals surface area contributed by atoms with Gasteiger partial charge in [0.05, 0.1) is 17.1 Å². The van der Waals surface area contributed by atoms with Gasteiger partial charge < -0.3 is 9.73 Å². The Labute approximate surface area is 183 Å². The molecule has 0 saturated carbocycles. The molecule has 0 saturated heterocycles. The highest BCUT2D eigenvalue weighted by Gasteiger charge is 2.21. The van der Waals surface area contributed by atoms with Crippen molar-refractivity contribution >= 4 is 16.7 Å². The number of hydrogen-bond donors (Lipinski definition) is 1. The summed E-state index contributed by atoms with van der Waals surface area (Å²) < 4.78 is 33.8. The highest BCUT2D eigenvalue weighted by atomic mass is 19.2. The van der Waals surface area contributed by atoms with E-state index >= 15 is 0 Å². The van der Waals surface area contributed by atoms with Crippen LogP contribution >= 0.6 is 0 Å². The molecule has 0 radical (unpaired) electrons. The van der Waals surface area contributed by atoms with Gasteiger partial charge in [0.15, 0.2) is 22.8 Å². The Bertz CT molecular complexity index is 1440. The van der Waals surface area contributed by atoms with Crippen LogP contribution < -0.4 is 10.7 Å². The molecule has 2 aromatic heterocycles. The number of pyridine rings is 1. The van der Waals surface area contributed by atoms with E-state index in [1.165, 1.54) is 6.07 Å². The lowest BCUT2D eigenvalue weighted by Gasteiger charge is -2.19. The summed E-state index contributed by atoms with van der Waals surface area (Å²) in [6.45, 7) is 5.34. The highest BCUT2D eigenvalue weighted by Crippen LogP contribution is 2.32. The summed E-state index contributed by atoms with van der Waals surface area (Å²) >= 11 is 0. The van der Waals surface area contributed by atoms with Crippen molar-refractivity contribution in [2.75, 3.05) is 5.32 Å². The van der Waals surface area contributed by atoms with Gasteiger partial charge in [-0.3, -0.25) is 9.78 Å². The van der Waals surface area contributed by atoms with Crippen LogP contribution in [0.2, 0.25) is 0 Å². The predicted molar refractivity (Wildman–Crippen MR) is 118 cm³/mol. The Hall–Kier alpha value is -4.05. The Morgan fingerprint density at radius 1 is 1.16 bits per heavy atom. The summed E-state index contributed by atoms with van der Waals surface area (Å²) in [5.41, 5.74) is 2.38. The normalized spacial score (nSPS) is 11.9. The van der Waals surface area contributed by atoms with Crippen LogP contribution in [0.5, 0.6) is 0 Å². The Morgan fingerprint density at radius 3 is 2.62 bits per heavy atom. The number of nitriles is 1. The molecule has 7 heteroatoms. The van der Waals surface area contributed by atoms with Crippen molar-refractivity contribution in [1.29, 1.82) is 5.26 Å². The molecule has 1 N–H and O–H groups in total. The monoisotopic (exact) mass is 431 g/mol. The Kier molecular flexibility index (Phi) is 5.45. The molecule has 1 atom stereocenters. The van der Waals surface area contributed by atoms with Crippen LogP contribution in [0, 0.1) is 36.8 Å². The van der Waals surface area contributed by atoms with Crippen LogP contribution in [0.1, 0.15) is 35.2 Å². The van der Waals surface area contributed by atoms with Crippen LogP contribution in [0.25, 0.3) is 22.4 Å². The fraction of sp³-hybridized carbons (Fsp3) is 0.160. The smallest absolute Gasteiger partial charge is 0.196 e. The zero-order valence-electron chi connectivity index (χ0n) is 17.7. The van der Waals surface area contributed by atoms with Gasteiger partial charge in [-0.2, -0.15) is 5.26 Å². The van der Waals surface area contributed by atoms with Gasteiger partial charge >= 0.3 is 0 Å². The van der Waals surface area contributed by atoms with E-state index in [1.54, 1.807) is 50.4 Å². The molecule has 0 fully saturated rings. The summed E-state index contributed by atoms with van der Waals surface area (Å²) in [4.78, 5) is 17.4. The maximum Gasteiger partial charge on any atom is 0.196 e. The van der Waals surface area contributed by atoms with Crippen LogP contribution in [-0.2, 0) is 0 Å². The lowest BCUT2D eigenvalue weighted by Crippen LogP contribution is -2.13. The van der Waals surface area contributed by atoms with E-state index in [2.05, 4.69) is 10.3 Å². The van der Waals surface area contributed by atoms with Gasteiger partial charge in [0.1, 0.15) is 22.9 Å². The van der Waals surface area contributed by atoms with E-state index in [9.17, 15) is 18.8 Å². The molecule has 0 aliphatic carbocycles. The van der Waals surface area contributed by atoms with Crippen molar-refractivity contribution in [3.05, 3.63) is 92.8 Å². The first kappa shape index (κ1) is 21.2. The fourth-order valence-electron chi connectivity index (χ4n) is 3.72. The van der Waals surface area contributed by atoms with Crippen LogP contribution in [-0.4, -0.2) is 4.98 Å².